The van der Waals surface area contributed by atoms with Crippen molar-refractivity contribution in [3.8, 4) is 0 Å². The second-order valence-electron chi connectivity index (χ2n) is 8.09. The average Bonchev–Trinajstić information content (AvgIpc) is 3.19. The van der Waals surface area contributed by atoms with Crippen LogP contribution in [0.4, 0.5) is 14.5 Å². The van der Waals surface area contributed by atoms with Crippen molar-refractivity contribution in [1.29, 1.82) is 0 Å². The number of rotatable bonds is 6. The summed E-state index contributed by atoms with van der Waals surface area (Å²) in [4.78, 5) is 36.4. The van der Waals surface area contributed by atoms with Crippen LogP contribution in [0.2, 0.25) is 0 Å². The Bertz CT molecular complexity index is 1340. The first-order valence-electron chi connectivity index (χ1n) is 11.0. The number of carbonyl (C=O) groups excluding carboxylic acids is 2. The second-order valence-corrected chi connectivity index (χ2v) is 9.04. The zero-order valence-corrected chi connectivity index (χ0v) is 19.3. The third-order valence-electron chi connectivity index (χ3n) is 5.67. The molecule has 3 aromatic carbocycles. The van der Waals surface area contributed by atoms with Crippen LogP contribution in [0.25, 0.3) is 0 Å². The summed E-state index contributed by atoms with van der Waals surface area (Å²) < 4.78 is 26.4. The van der Waals surface area contributed by atoms with Gasteiger partial charge in [0.1, 0.15) is 23.5 Å². The zero-order valence-electron chi connectivity index (χ0n) is 18.4. The Morgan fingerprint density at radius 2 is 1.57 bits per heavy atom. The lowest BCUT2D eigenvalue weighted by Gasteiger charge is -2.30. The Kier molecular flexibility index (Phi) is 6.41. The van der Waals surface area contributed by atoms with Crippen molar-refractivity contribution in [1.82, 2.24) is 10.2 Å². The maximum absolute atomic E-state index is 13.3. The van der Waals surface area contributed by atoms with E-state index in [0.717, 1.165) is 16.7 Å². The van der Waals surface area contributed by atoms with Gasteiger partial charge < -0.3 is 5.32 Å². The molecule has 0 aliphatic carbocycles. The molecule has 0 bridgehead atoms. The van der Waals surface area contributed by atoms with Crippen molar-refractivity contribution >= 4 is 40.3 Å². The summed E-state index contributed by atoms with van der Waals surface area (Å²) in [5.74, 6) is -0.429. The SMILES string of the molecule is O=C(CC1C(=O)N=C2c3ccccc3N=C(SCc3ccc(F)cc3)N21)NCc1ccc(F)cc1. The number of aliphatic imine (C=N–C) groups is 2. The number of nitrogens with zero attached hydrogens (tertiary/aromatic N) is 3. The molecule has 2 amide bonds. The fraction of sp³-hybridized carbons (Fsp3) is 0.154. The van der Waals surface area contributed by atoms with Gasteiger partial charge in [-0.3, -0.25) is 14.5 Å². The average molecular weight is 491 g/mol. The molecule has 2 aliphatic heterocycles. The molecule has 1 unspecified atom stereocenters. The van der Waals surface area contributed by atoms with Gasteiger partial charge in [0.15, 0.2) is 5.17 Å². The highest BCUT2D eigenvalue weighted by molar-refractivity contribution is 8.13. The van der Waals surface area contributed by atoms with Gasteiger partial charge in [-0.15, -0.1) is 0 Å². The zero-order chi connectivity index (χ0) is 24.4. The van der Waals surface area contributed by atoms with Gasteiger partial charge in [-0.05, 0) is 47.5 Å². The number of benzene rings is 3. The van der Waals surface area contributed by atoms with Gasteiger partial charge in [-0.1, -0.05) is 48.2 Å². The van der Waals surface area contributed by atoms with Crippen molar-refractivity contribution in [3.05, 3.63) is 101 Å². The topological polar surface area (TPSA) is 74.1 Å². The smallest absolute Gasteiger partial charge is 0.271 e. The first kappa shape index (κ1) is 22.9. The third kappa shape index (κ3) is 5.00. The van der Waals surface area contributed by atoms with E-state index in [1.165, 1.54) is 36.0 Å². The lowest BCUT2D eigenvalue weighted by Crippen LogP contribution is -2.45. The molecule has 0 saturated carbocycles. The number of fused-ring (bicyclic) bond motifs is 3. The summed E-state index contributed by atoms with van der Waals surface area (Å²) in [6.07, 6.45) is -0.106. The van der Waals surface area contributed by atoms with Crippen LogP contribution in [0.15, 0.2) is 82.8 Å². The van der Waals surface area contributed by atoms with E-state index in [-0.39, 0.29) is 30.5 Å². The van der Waals surface area contributed by atoms with E-state index in [0.29, 0.717) is 22.4 Å². The van der Waals surface area contributed by atoms with E-state index >= 15 is 0 Å². The van der Waals surface area contributed by atoms with Gasteiger partial charge in [0.05, 0.1) is 12.1 Å². The molecule has 2 heterocycles. The number of hydrogen-bond donors (Lipinski definition) is 1. The third-order valence-corrected chi connectivity index (χ3v) is 6.69. The molecule has 35 heavy (non-hydrogen) atoms. The standard InChI is InChI=1S/C26H20F2N4O2S/c27-18-9-5-16(6-10-18)14-29-23(33)13-22-25(34)31-24-20-3-1-2-4-21(20)30-26(32(22)24)35-15-17-7-11-19(28)12-8-17/h1-12,22H,13-15H2,(H,29,33). The summed E-state index contributed by atoms with van der Waals surface area (Å²) in [5.41, 5.74) is 3.06. The van der Waals surface area contributed by atoms with Crippen LogP contribution >= 0.6 is 11.8 Å². The van der Waals surface area contributed by atoms with Crippen molar-refractivity contribution in [2.45, 2.75) is 24.8 Å². The minimum absolute atomic E-state index is 0.106. The van der Waals surface area contributed by atoms with Gasteiger partial charge in [0, 0.05) is 17.9 Å². The molecule has 0 aromatic heterocycles. The first-order valence-corrected chi connectivity index (χ1v) is 11.9. The fourth-order valence-electron chi connectivity index (χ4n) is 3.88. The summed E-state index contributed by atoms with van der Waals surface area (Å²) in [6.45, 7) is 0.219. The quantitative estimate of drug-likeness (QED) is 0.550. The number of halogens is 2. The molecule has 0 fully saturated rings. The fourth-order valence-corrected chi connectivity index (χ4v) is 4.89. The number of amidine groups is 2. The molecule has 9 heteroatoms. The van der Waals surface area contributed by atoms with E-state index in [1.54, 1.807) is 29.2 Å². The highest BCUT2D eigenvalue weighted by Gasteiger charge is 2.42. The summed E-state index contributed by atoms with van der Waals surface area (Å²) in [5, 5.41) is 3.34. The second kappa shape index (κ2) is 9.79. The minimum Gasteiger partial charge on any atom is -0.352 e. The van der Waals surface area contributed by atoms with Crippen LogP contribution in [0.3, 0.4) is 0 Å². The van der Waals surface area contributed by atoms with E-state index in [2.05, 4.69) is 10.3 Å². The van der Waals surface area contributed by atoms with Gasteiger partial charge in [0.25, 0.3) is 5.91 Å². The Hall–Kier alpha value is -3.85. The molecule has 1 N–H and O–H groups in total. The Morgan fingerprint density at radius 3 is 2.29 bits per heavy atom. The summed E-state index contributed by atoms with van der Waals surface area (Å²) in [7, 11) is 0. The number of hydrogen-bond acceptors (Lipinski definition) is 5. The molecule has 5 rings (SSSR count). The van der Waals surface area contributed by atoms with Crippen LogP contribution in [0.1, 0.15) is 23.1 Å². The van der Waals surface area contributed by atoms with Gasteiger partial charge in [-0.25, -0.2) is 13.8 Å². The largest absolute Gasteiger partial charge is 0.352 e. The molecular weight excluding hydrogens is 470 g/mol. The predicted octanol–water partition coefficient (Wildman–Crippen LogP) is 4.56. The van der Waals surface area contributed by atoms with Crippen LogP contribution in [-0.2, 0) is 21.9 Å². The van der Waals surface area contributed by atoms with Gasteiger partial charge in [0.2, 0.25) is 5.91 Å². The highest BCUT2D eigenvalue weighted by atomic mass is 32.2. The first-order chi connectivity index (χ1) is 17.0. The number of para-hydroxylation sites is 1. The molecule has 0 saturated heterocycles. The predicted molar refractivity (Wildman–Crippen MR) is 131 cm³/mol. The number of amides is 2. The lowest BCUT2D eigenvalue weighted by molar-refractivity contribution is -0.126. The van der Waals surface area contributed by atoms with Crippen molar-refractivity contribution in [3.63, 3.8) is 0 Å². The van der Waals surface area contributed by atoms with E-state index in [4.69, 9.17) is 4.99 Å². The minimum atomic E-state index is -0.828. The molecule has 6 nitrogen and oxygen atoms in total. The molecule has 0 radical (unpaired) electrons. The maximum atomic E-state index is 13.3. The van der Waals surface area contributed by atoms with Crippen molar-refractivity contribution in [2.75, 3.05) is 0 Å². The van der Waals surface area contributed by atoms with Crippen molar-refractivity contribution in [2.24, 2.45) is 9.98 Å². The number of thioether (sulfide) groups is 1. The monoisotopic (exact) mass is 490 g/mol. The molecule has 1 atom stereocenters. The van der Waals surface area contributed by atoms with Crippen LogP contribution in [0, 0.1) is 11.6 Å². The molecule has 2 aliphatic rings. The number of nitrogens with one attached hydrogen (secondary N) is 1. The Labute approximate surface area is 204 Å². The molecule has 3 aromatic rings. The lowest BCUT2D eigenvalue weighted by atomic mass is 10.1. The van der Waals surface area contributed by atoms with Crippen LogP contribution in [0.5, 0.6) is 0 Å². The number of carbonyl (C=O) groups is 2. The van der Waals surface area contributed by atoms with Crippen molar-refractivity contribution < 1.29 is 18.4 Å². The maximum Gasteiger partial charge on any atom is 0.271 e. The van der Waals surface area contributed by atoms with E-state index in [9.17, 15) is 18.4 Å². The summed E-state index contributed by atoms with van der Waals surface area (Å²) in [6, 6.07) is 18.6. The van der Waals surface area contributed by atoms with Crippen LogP contribution in [-0.4, -0.2) is 33.8 Å². The molecular formula is C26H20F2N4O2S. The van der Waals surface area contributed by atoms with E-state index in [1.807, 2.05) is 24.3 Å². The van der Waals surface area contributed by atoms with Gasteiger partial charge in [-0.2, -0.15) is 4.99 Å². The highest BCUT2D eigenvalue weighted by Crippen LogP contribution is 2.35. The Morgan fingerprint density at radius 1 is 0.914 bits per heavy atom. The summed E-state index contributed by atoms with van der Waals surface area (Å²) >= 11 is 1.39. The Balaban J connectivity index is 1.34. The normalized spacial score (nSPS) is 16.3. The molecule has 176 valence electrons. The van der Waals surface area contributed by atoms with E-state index < -0.39 is 11.9 Å². The van der Waals surface area contributed by atoms with Crippen LogP contribution < -0.4 is 5.32 Å². The van der Waals surface area contributed by atoms with Gasteiger partial charge >= 0.3 is 0 Å². The molecule has 0 spiro atoms.